The van der Waals surface area contributed by atoms with Gasteiger partial charge in [0.25, 0.3) is 0 Å². The molecule has 1 unspecified atom stereocenters. The van der Waals surface area contributed by atoms with Crippen LogP contribution in [-0.2, 0) is 6.16 Å². The third-order valence-electron chi connectivity index (χ3n) is 4.69. The van der Waals surface area contributed by atoms with Gasteiger partial charge in [-0.25, -0.2) is 0 Å². The second kappa shape index (κ2) is 17.9. The smallest absolute Gasteiger partial charge is 0.00756 e. The summed E-state index contributed by atoms with van der Waals surface area (Å²) in [6.45, 7) is 4.77. The number of benzene rings is 1. The molecule has 0 fully saturated rings. The summed E-state index contributed by atoms with van der Waals surface area (Å²) in [6, 6.07) is 11.0. The molecule has 1 aromatic carbocycles. The predicted molar refractivity (Wildman–Crippen MR) is 119 cm³/mol. The van der Waals surface area contributed by atoms with Crippen LogP contribution in [0.15, 0.2) is 30.3 Å². The minimum absolute atomic E-state index is 0. The summed E-state index contributed by atoms with van der Waals surface area (Å²) in [5.74, 6) is 0. The summed E-state index contributed by atoms with van der Waals surface area (Å²) in [7, 11) is 0.205. The molecule has 0 saturated heterocycles. The molecule has 0 saturated carbocycles. The Morgan fingerprint density at radius 3 is 1.62 bits per heavy atom. The van der Waals surface area contributed by atoms with Crippen molar-refractivity contribution < 1.29 is 0 Å². The summed E-state index contributed by atoms with van der Waals surface area (Å²) in [5.41, 5.74) is 1.53. The van der Waals surface area contributed by atoms with E-state index in [1.165, 1.54) is 94.9 Å². The molecule has 2 heteroatoms. The minimum atomic E-state index is 0. The van der Waals surface area contributed by atoms with E-state index in [4.69, 9.17) is 0 Å². The first kappa shape index (κ1) is 24.1. The molecule has 24 heavy (non-hydrogen) atoms. The van der Waals surface area contributed by atoms with E-state index >= 15 is 0 Å². The lowest BCUT2D eigenvalue weighted by atomic mass is 10.1. The Kier molecular flexibility index (Phi) is 18.0. The van der Waals surface area contributed by atoms with Crippen molar-refractivity contribution in [2.75, 3.05) is 12.8 Å². The average Bonchev–Trinajstić information content (AvgIpc) is 2.57. The van der Waals surface area contributed by atoms with Gasteiger partial charge in [-0.15, -0.1) is 24.9 Å². The van der Waals surface area contributed by atoms with E-state index in [2.05, 4.69) is 43.9 Å². The second-order valence-corrected chi connectivity index (χ2v) is 9.59. The summed E-state index contributed by atoms with van der Waals surface area (Å²) >= 11 is 0. The molecule has 0 N–H and O–H groups in total. The Balaban J connectivity index is 0.00000529. The van der Waals surface area contributed by atoms with Crippen LogP contribution in [0.5, 0.6) is 0 Å². The van der Waals surface area contributed by atoms with Crippen molar-refractivity contribution >= 4 is 24.9 Å². The summed E-state index contributed by atoms with van der Waals surface area (Å²) in [6.07, 6.45) is 20.2. The molecule has 1 aromatic rings. The van der Waals surface area contributed by atoms with Gasteiger partial charge in [0.05, 0.1) is 0 Å². The summed E-state index contributed by atoms with van der Waals surface area (Å²) < 4.78 is 0. The molecule has 140 valence electrons. The fourth-order valence-electron chi connectivity index (χ4n) is 3.20. The quantitative estimate of drug-likeness (QED) is 0.199. The molecule has 0 amide bonds. The highest BCUT2D eigenvalue weighted by atomic mass is 79.9. The molecule has 0 aliphatic carbocycles. The maximum absolute atomic E-state index is 2.47. The third-order valence-corrected chi connectivity index (χ3v) is 6.67. The summed E-state index contributed by atoms with van der Waals surface area (Å²) in [4.78, 5) is 0. The number of halogens is 1. The lowest BCUT2D eigenvalue weighted by Crippen LogP contribution is -1.89. The van der Waals surface area contributed by atoms with Gasteiger partial charge >= 0.3 is 0 Å². The van der Waals surface area contributed by atoms with Crippen LogP contribution in [0.2, 0.25) is 0 Å². The van der Waals surface area contributed by atoms with Gasteiger partial charge in [-0.05, 0) is 31.0 Å². The normalized spacial score (nSPS) is 11.9. The number of hydrogen-bond donors (Lipinski definition) is 0. The van der Waals surface area contributed by atoms with E-state index in [9.17, 15) is 0 Å². The molecule has 0 aromatic heterocycles. The van der Waals surface area contributed by atoms with Crippen molar-refractivity contribution in [1.29, 1.82) is 0 Å². The Hall–Kier alpha value is 0.130. The highest BCUT2D eigenvalue weighted by molar-refractivity contribution is 8.93. The molecule has 0 heterocycles. The molecule has 0 nitrogen and oxygen atoms in total. The Morgan fingerprint density at radius 2 is 1.12 bits per heavy atom. The van der Waals surface area contributed by atoms with Crippen molar-refractivity contribution in [2.45, 2.75) is 90.1 Å². The fraction of sp³-hybridized carbons (Fsp3) is 0.727. The zero-order valence-corrected chi connectivity index (χ0v) is 18.7. The van der Waals surface area contributed by atoms with Gasteiger partial charge < -0.3 is 0 Å². The van der Waals surface area contributed by atoms with Crippen LogP contribution in [0.4, 0.5) is 0 Å². The largest absolute Gasteiger partial charge is 0.114 e. The maximum atomic E-state index is 2.47. The lowest BCUT2D eigenvalue weighted by Gasteiger charge is -2.12. The molecular weight excluding hydrogens is 375 g/mol. The van der Waals surface area contributed by atoms with Crippen molar-refractivity contribution in [1.82, 2.24) is 0 Å². The molecular formula is C22H40BrP. The molecule has 0 aliphatic heterocycles. The first-order chi connectivity index (χ1) is 11.3. The first-order valence-corrected chi connectivity index (χ1v) is 12.2. The van der Waals surface area contributed by atoms with Crippen LogP contribution in [0.1, 0.15) is 89.5 Å². The van der Waals surface area contributed by atoms with Gasteiger partial charge in [-0.2, -0.15) is 0 Å². The van der Waals surface area contributed by atoms with Crippen LogP contribution in [-0.4, -0.2) is 12.8 Å². The number of unbranched alkanes of at least 4 members (excludes halogenated alkanes) is 11. The SMILES string of the molecule is Br.CCCCCCCCCCCCCCP(C)Cc1ccccc1. The Labute approximate surface area is 163 Å². The van der Waals surface area contributed by atoms with Crippen molar-refractivity contribution in [3.8, 4) is 0 Å². The van der Waals surface area contributed by atoms with Gasteiger partial charge in [-0.1, -0.05) is 108 Å². The monoisotopic (exact) mass is 414 g/mol. The second-order valence-electron chi connectivity index (χ2n) is 7.11. The molecule has 1 atom stereocenters. The van der Waals surface area contributed by atoms with Crippen molar-refractivity contribution in [3.63, 3.8) is 0 Å². The van der Waals surface area contributed by atoms with Crippen LogP contribution in [0, 0.1) is 0 Å². The zero-order valence-electron chi connectivity index (χ0n) is 16.1. The zero-order chi connectivity index (χ0) is 16.6. The van der Waals surface area contributed by atoms with Gasteiger partial charge in [0.2, 0.25) is 0 Å². The predicted octanol–water partition coefficient (Wildman–Crippen LogP) is 8.58. The third kappa shape index (κ3) is 14.5. The number of hydrogen-bond acceptors (Lipinski definition) is 0. The molecule has 1 rings (SSSR count). The average molecular weight is 415 g/mol. The van der Waals surface area contributed by atoms with E-state index in [0.29, 0.717) is 0 Å². The lowest BCUT2D eigenvalue weighted by molar-refractivity contribution is 0.548. The molecule has 0 aliphatic rings. The summed E-state index contributed by atoms with van der Waals surface area (Å²) in [5, 5.41) is 0. The van der Waals surface area contributed by atoms with E-state index in [0.717, 1.165) is 0 Å². The van der Waals surface area contributed by atoms with Crippen LogP contribution in [0.25, 0.3) is 0 Å². The topological polar surface area (TPSA) is 0 Å². The maximum Gasteiger partial charge on any atom is -0.00756 e. The van der Waals surface area contributed by atoms with E-state index < -0.39 is 0 Å². The Bertz CT molecular complexity index is 352. The first-order valence-electron chi connectivity index (χ1n) is 10.1. The molecule has 0 radical (unpaired) electrons. The van der Waals surface area contributed by atoms with Gasteiger partial charge in [-0.3, -0.25) is 0 Å². The van der Waals surface area contributed by atoms with Gasteiger partial charge in [0.1, 0.15) is 0 Å². The highest BCUT2D eigenvalue weighted by Gasteiger charge is 2.02. The van der Waals surface area contributed by atoms with Gasteiger partial charge in [0, 0.05) is 0 Å². The van der Waals surface area contributed by atoms with Crippen LogP contribution in [0.3, 0.4) is 0 Å². The van der Waals surface area contributed by atoms with Crippen LogP contribution < -0.4 is 0 Å². The van der Waals surface area contributed by atoms with Crippen LogP contribution >= 0.6 is 24.9 Å². The van der Waals surface area contributed by atoms with E-state index in [1.54, 1.807) is 0 Å². The molecule has 0 spiro atoms. The fourth-order valence-corrected chi connectivity index (χ4v) is 4.95. The Morgan fingerprint density at radius 1 is 0.667 bits per heavy atom. The van der Waals surface area contributed by atoms with Crippen molar-refractivity contribution in [2.24, 2.45) is 0 Å². The molecule has 0 bridgehead atoms. The van der Waals surface area contributed by atoms with Crippen molar-refractivity contribution in [3.05, 3.63) is 35.9 Å². The number of rotatable bonds is 15. The standard InChI is InChI=1S/C22H39P.BrH/c1-3-4-5-6-7-8-9-10-11-12-13-17-20-23(2)21-22-18-15-14-16-19-22;/h14-16,18-19H,3-13,17,20-21H2,1-2H3;1H. The minimum Gasteiger partial charge on any atom is -0.114 e. The van der Waals surface area contributed by atoms with E-state index in [1.807, 2.05) is 0 Å². The van der Waals surface area contributed by atoms with Gasteiger partial charge in [0.15, 0.2) is 0 Å². The highest BCUT2D eigenvalue weighted by Crippen LogP contribution is 2.36. The van der Waals surface area contributed by atoms with E-state index in [-0.39, 0.29) is 24.9 Å².